The third-order valence-corrected chi connectivity index (χ3v) is 8.80. The quantitative estimate of drug-likeness (QED) is 0.361. The van der Waals surface area contributed by atoms with Crippen LogP contribution < -0.4 is 0 Å². The molecule has 0 fully saturated rings. The summed E-state index contributed by atoms with van der Waals surface area (Å²) in [6.45, 7) is 4.60. The van der Waals surface area contributed by atoms with Crippen molar-refractivity contribution >= 4 is 51.2 Å². The predicted octanol–water partition coefficient (Wildman–Crippen LogP) is 4.93. The van der Waals surface area contributed by atoms with Crippen molar-refractivity contribution in [1.29, 1.82) is 0 Å². The monoisotopic (exact) mass is 260 g/mol. The van der Waals surface area contributed by atoms with Gasteiger partial charge in [0.1, 0.15) is 0 Å². The maximum atomic E-state index is 2.78. The number of hydrogen-bond acceptors (Lipinski definition) is 4. The van der Waals surface area contributed by atoms with E-state index >= 15 is 0 Å². The van der Waals surface area contributed by atoms with Crippen molar-refractivity contribution in [2.45, 2.75) is 31.3 Å². The minimum atomic E-state index is 0.729. The van der Waals surface area contributed by atoms with Gasteiger partial charge in [0.05, 0.1) is 4.58 Å². The van der Waals surface area contributed by atoms with Gasteiger partial charge in [0, 0.05) is 0 Å². The average molecular weight is 260 g/mol. The maximum Gasteiger partial charge on any atom is 0.0675 e. The Bertz CT molecular complexity index is 101. The van der Waals surface area contributed by atoms with Crippen molar-refractivity contribution < 1.29 is 0 Å². The lowest BCUT2D eigenvalue weighted by molar-refractivity contribution is 0.569. The molecule has 0 aliphatic rings. The molecular weight excluding hydrogens is 243 g/mol. The highest BCUT2D eigenvalue weighted by Gasteiger charge is 2.15. The first-order valence-corrected chi connectivity index (χ1v) is 10.3. The Balaban J connectivity index is 3.62. The van der Waals surface area contributed by atoms with Crippen LogP contribution in [0.4, 0.5) is 0 Å². The number of rotatable bonds is 7. The Morgan fingerprint density at radius 3 is 2.50 bits per heavy atom. The molecule has 0 heterocycles. The molecule has 0 radical (unpaired) electrons. The smallest absolute Gasteiger partial charge is 0.0675 e. The summed E-state index contributed by atoms with van der Waals surface area (Å²) in [6.07, 6.45) is 4.77. The van der Waals surface area contributed by atoms with Crippen molar-refractivity contribution in [1.82, 2.24) is 0 Å². The maximum absolute atomic E-state index is 2.78. The third kappa shape index (κ3) is 6.31. The van der Waals surface area contributed by atoms with Crippen molar-refractivity contribution in [3.05, 3.63) is 0 Å². The fourth-order valence-corrected chi connectivity index (χ4v) is 7.73. The first-order chi connectivity index (χ1) is 5.76. The van der Waals surface area contributed by atoms with Crippen molar-refractivity contribution in [3.63, 3.8) is 0 Å². The lowest BCUT2D eigenvalue weighted by Gasteiger charge is -2.19. The van der Waals surface area contributed by atoms with E-state index in [1.165, 1.54) is 12.8 Å². The second kappa shape index (κ2) is 9.39. The lowest BCUT2D eigenvalue weighted by Crippen LogP contribution is -2.06. The van der Waals surface area contributed by atoms with E-state index in [1.54, 1.807) is 0 Å². The third-order valence-electron chi connectivity index (χ3n) is 1.54. The summed E-state index contributed by atoms with van der Waals surface area (Å²) in [5.74, 6) is 0.821. The molecule has 0 aromatic carbocycles. The summed E-state index contributed by atoms with van der Waals surface area (Å²) < 4.78 is 0.729. The Labute approximate surface area is 94.3 Å². The van der Waals surface area contributed by atoms with Crippen LogP contribution in [-0.4, -0.2) is 10.8 Å². The molecule has 12 heavy (non-hydrogen) atoms. The van der Waals surface area contributed by atoms with Gasteiger partial charge in [-0.3, -0.25) is 0 Å². The molecule has 74 valence electrons. The van der Waals surface area contributed by atoms with Crippen LogP contribution in [0.3, 0.4) is 0 Å². The lowest BCUT2D eigenvalue weighted by atomic mass is 10.1. The van der Waals surface area contributed by atoms with Gasteiger partial charge in [-0.2, -0.15) is 0 Å². The number of hydrogen-bond donors (Lipinski definition) is 0. The molecular formula is C7H17PS4. The van der Waals surface area contributed by atoms with Crippen LogP contribution in [0, 0.1) is 5.92 Å². The van der Waals surface area contributed by atoms with Crippen LogP contribution in [0.5, 0.6) is 0 Å². The van der Waals surface area contributed by atoms with E-state index in [0.29, 0.717) is 0 Å². The van der Waals surface area contributed by atoms with Crippen molar-refractivity contribution in [2.24, 2.45) is 5.92 Å². The summed E-state index contributed by atoms with van der Waals surface area (Å²) in [5, 5.41) is 0. The van der Waals surface area contributed by atoms with Crippen LogP contribution in [0.1, 0.15) is 26.7 Å². The fourth-order valence-electron chi connectivity index (χ4n) is 0.921. The Morgan fingerprint density at radius 1 is 1.42 bits per heavy atom. The first kappa shape index (κ1) is 13.8. The molecule has 0 saturated carbocycles. The molecule has 0 spiro atoms. The Morgan fingerprint density at radius 2 is 2.08 bits per heavy atom. The van der Waals surface area contributed by atoms with Gasteiger partial charge in [-0.1, -0.05) is 50.3 Å². The molecule has 0 aromatic heterocycles. The minimum absolute atomic E-state index is 0.729. The highest BCUT2D eigenvalue weighted by molar-refractivity contribution is 9.10. The van der Waals surface area contributed by atoms with Gasteiger partial charge in [-0.05, 0) is 28.4 Å². The average Bonchev–Trinajstić information content (AvgIpc) is 2.06. The van der Waals surface area contributed by atoms with Crippen molar-refractivity contribution in [2.75, 3.05) is 6.26 Å². The molecule has 0 aromatic rings. The van der Waals surface area contributed by atoms with E-state index < -0.39 is 0 Å². The molecule has 0 rings (SSSR count). The zero-order valence-corrected chi connectivity index (χ0v) is 12.2. The predicted molar refractivity (Wildman–Crippen MR) is 73.9 cm³/mol. The molecule has 5 heteroatoms. The molecule has 0 aliphatic carbocycles. The van der Waals surface area contributed by atoms with Crippen LogP contribution >= 0.6 is 51.2 Å². The second-order valence-corrected chi connectivity index (χ2v) is 8.88. The summed E-state index contributed by atoms with van der Waals surface area (Å²) in [6, 6.07) is 0. The molecule has 3 unspecified atom stereocenters. The second-order valence-electron chi connectivity index (χ2n) is 2.60. The van der Waals surface area contributed by atoms with Gasteiger partial charge < -0.3 is 0 Å². The highest BCUT2D eigenvalue weighted by Crippen LogP contribution is 2.46. The largest absolute Gasteiger partial charge is 0.126 e. The molecule has 0 saturated heterocycles. The summed E-state index contributed by atoms with van der Waals surface area (Å²) in [5.41, 5.74) is 0. The zero-order valence-electron chi connectivity index (χ0n) is 7.78. The van der Waals surface area contributed by atoms with Gasteiger partial charge in [-0.25, -0.2) is 0 Å². The van der Waals surface area contributed by atoms with E-state index in [4.69, 9.17) is 0 Å². The van der Waals surface area contributed by atoms with Gasteiger partial charge in [-0.15, -0.1) is 11.4 Å². The molecule has 0 N–H and O–H groups in total. The normalized spacial score (nSPS) is 16.0. The molecule has 0 aliphatic heterocycles. The van der Waals surface area contributed by atoms with E-state index in [-0.39, 0.29) is 0 Å². The van der Waals surface area contributed by atoms with Crippen LogP contribution in [0.15, 0.2) is 0 Å². The van der Waals surface area contributed by atoms with Crippen LogP contribution in [-0.2, 0) is 0 Å². The van der Waals surface area contributed by atoms with E-state index in [0.717, 1.165) is 10.5 Å². The van der Waals surface area contributed by atoms with E-state index in [9.17, 15) is 0 Å². The summed E-state index contributed by atoms with van der Waals surface area (Å²) in [7, 11) is 8.50. The topological polar surface area (TPSA) is 0 Å². The van der Waals surface area contributed by atoms with Crippen LogP contribution in [0.2, 0.25) is 0 Å². The Hall–Kier alpha value is 1.83. The molecule has 0 amide bonds. The zero-order chi connectivity index (χ0) is 9.40. The van der Waals surface area contributed by atoms with Crippen molar-refractivity contribution in [3.8, 4) is 0 Å². The summed E-state index contributed by atoms with van der Waals surface area (Å²) in [4.78, 5) is 0. The molecule has 0 bridgehead atoms. The van der Waals surface area contributed by atoms with Crippen LogP contribution in [0.25, 0.3) is 0 Å². The van der Waals surface area contributed by atoms with E-state index in [2.05, 4.69) is 28.5 Å². The van der Waals surface area contributed by atoms with Gasteiger partial charge >= 0.3 is 0 Å². The SMILES string of the molecule is CCCC(C)C(SP)SSSC. The van der Waals surface area contributed by atoms with E-state index in [1.807, 2.05) is 42.8 Å². The minimum Gasteiger partial charge on any atom is -0.126 e. The molecule has 0 nitrogen and oxygen atoms in total. The van der Waals surface area contributed by atoms with Gasteiger partial charge in [0.15, 0.2) is 0 Å². The molecule has 3 atom stereocenters. The first-order valence-electron chi connectivity index (χ1n) is 3.97. The van der Waals surface area contributed by atoms with Gasteiger partial charge in [0.2, 0.25) is 0 Å². The highest BCUT2D eigenvalue weighted by atomic mass is 33.5. The summed E-state index contributed by atoms with van der Waals surface area (Å²) >= 11 is 1.90. The van der Waals surface area contributed by atoms with Gasteiger partial charge in [0.25, 0.3) is 0 Å². The standard InChI is InChI=1S/C7H17PS4/c1-4-5-6(2)7(10-8)11-12-9-3/h6-7H,4-5,8H2,1-3H3. The Kier molecular flexibility index (Phi) is 10.8. The fraction of sp³-hybridized carbons (Fsp3) is 1.00.